The van der Waals surface area contributed by atoms with E-state index in [2.05, 4.69) is 10.3 Å². The molecule has 0 radical (unpaired) electrons. The number of hydrogen-bond acceptors (Lipinski definition) is 3. The first-order valence-electron chi connectivity index (χ1n) is 7.73. The number of hydrogen-bond donors (Lipinski definition) is 3. The van der Waals surface area contributed by atoms with Crippen LogP contribution in [0.5, 0.6) is 0 Å². The van der Waals surface area contributed by atoms with E-state index < -0.39 is 0 Å². The molecule has 1 fully saturated rings. The fourth-order valence-corrected chi connectivity index (χ4v) is 3.17. The second kappa shape index (κ2) is 7.41. The van der Waals surface area contributed by atoms with E-state index in [9.17, 15) is 14.7 Å². The number of H-pyrrole nitrogens is 1. The van der Waals surface area contributed by atoms with E-state index in [1.807, 2.05) is 0 Å². The second-order valence-electron chi connectivity index (χ2n) is 5.85. The average Bonchev–Trinajstić information content (AvgIpc) is 2.47. The first kappa shape index (κ1) is 15.8. The fraction of sp³-hybridized carbons (Fsp3) is 0.625. The Labute approximate surface area is 124 Å². The number of nitrogens with one attached hydrogen (secondary N) is 2. The topological polar surface area (TPSA) is 82.2 Å². The Bertz CT molecular complexity index is 533. The monoisotopic (exact) mass is 292 g/mol. The van der Waals surface area contributed by atoms with Crippen LogP contribution in [0.2, 0.25) is 0 Å². The molecule has 0 aromatic carbocycles. The smallest absolute Gasteiger partial charge is 0.253 e. The first-order chi connectivity index (χ1) is 10.1. The number of pyridine rings is 1. The third-order valence-electron chi connectivity index (χ3n) is 4.34. The highest BCUT2D eigenvalue weighted by atomic mass is 16.3. The summed E-state index contributed by atoms with van der Waals surface area (Å²) >= 11 is 0. The first-order valence-corrected chi connectivity index (χ1v) is 7.73. The molecule has 116 valence electrons. The van der Waals surface area contributed by atoms with Gasteiger partial charge in [0, 0.05) is 24.4 Å². The van der Waals surface area contributed by atoms with Crippen molar-refractivity contribution in [2.24, 2.45) is 5.92 Å². The van der Waals surface area contributed by atoms with Crippen LogP contribution in [0.15, 0.2) is 16.9 Å². The number of carbonyl (C=O) groups is 1. The molecule has 1 saturated carbocycles. The SMILES string of the molecule is Cc1[nH]c(=O)ccc1C(=O)NC(CCO)C1CCCCC1. The van der Waals surface area contributed by atoms with Gasteiger partial charge in [-0.1, -0.05) is 19.3 Å². The molecule has 5 heteroatoms. The predicted octanol–water partition coefficient (Wildman–Crippen LogP) is 1.74. The van der Waals surface area contributed by atoms with E-state index in [4.69, 9.17) is 0 Å². The van der Waals surface area contributed by atoms with Crippen molar-refractivity contribution in [2.75, 3.05) is 6.61 Å². The Morgan fingerprint density at radius 2 is 2.10 bits per heavy atom. The molecule has 2 rings (SSSR count). The molecule has 0 bridgehead atoms. The molecular formula is C16H24N2O3. The lowest BCUT2D eigenvalue weighted by atomic mass is 9.82. The maximum Gasteiger partial charge on any atom is 0.253 e. The van der Waals surface area contributed by atoms with Crippen LogP contribution in [-0.4, -0.2) is 28.6 Å². The Balaban J connectivity index is 2.08. The number of aliphatic hydroxyl groups is 1. The molecule has 5 nitrogen and oxygen atoms in total. The molecule has 0 spiro atoms. The third-order valence-corrected chi connectivity index (χ3v) is 4.34. The maximum absolute atomic E-state index is 12.4. The maximum atomic E-state index is 12.4. The lowest BCUT2D eigenvalue weighted by Crippen LogP contribution is -2.42. The number of aryl methyl sites for hydroxylation is 1. The van der Waals surface area contributed by atoms with E-state index in [1.165, 1.54) is 25.3 Å². The van der Waals surface area contributed by atoms with Crippen molar-refractivity contribution in [1.82, 2.24) is 10.3 Å². The lowest BCUT2D eigenvalue weighted by molar-refractivity contribution is 0.0898. The highest BCUT2D eigenvalue weighted by molar-refractivity contribution is 5.95. The van der Waals surface area contributed by atoms with Gasteiger partial charge in [0.25, 0.3) is 5.91 Å². The van der Waals surface area contributed by atoms with Crippen molar-refractivity contribution in [1.29, 1.82) is 0 Å². The van der Waals surface area contributed by atoms with Crippen LogP contribution >= 0.6 is 0 Å². The largest absolute Gasteiger partial charge is 0.396 e. The molecule has 1 atom stereocenters. The Kier molecular flexibility index (Phi) is 5.56. The summed E-state index contributed by atoms with van der Waals surface area (Å²) in [7, 11) is 0. The van der Waals surface area contributed by atoms with Crippen molar-refractivity contribution < 1.29 is 9.90 Å². The van der Waals surface area contributed by atoms with Gasteiger partial charge in [0.2, 0.25) is 5.56 Å². The molecule has 1 aromatic rings. The molecule has 0 aliphatic heterocycles. The molecule has 21 heavy (non-hydrogen) atoms. The highest BCUT2D eigenvalue weighted by Gasteiger charge is 2.25. The van der Waals surface area contributed by atoms with Crippen LogP contribution in [-0.2, 0) is 0 Å². The van der Waals surface area contributed by atoms with E-state index in [1.54, 1.807) is 13.0 Å². The van der Waals surface area contributed by atoms with Crippen LogP contribution in [0.3, 0.4) is 0 Å². The molecule has 1 unspecified atom stereocenters. The van der Waals surface area contributed by atoms with Crippen molar-refractivity contribution in [3.05, 3.63) is 33.7 Å². The Morgan fingerprint density at radius 3 is 2.71 bits per heavy atom. The molecule has 1 aliphatic carbocycles. The van der Waals surface area contributed by atoms with Gasteiger partial charge in [-0.25, -0.2) is 0 Å². The van der Waals surface area contributed by atoms with Crippen LogP contribution in [0, 0.1) is 12.8 Å². The summed E-state index contributed by atoms with van der Waals surface area (Å²) in [5, 5.41) is 12.3. The van der Waals surface area contributed by atoms with Gasteiger partial charge >= 0.3 is 0 Å². The minimum Gasteiger partial charge on any atom is -0.396 e. The predicted molar refractivity (Wildman–Crippen MR) is 81.3 cm³/mol. The number of carbonyl (C=O) groups excluding carboxylic acids is 1. The van der Waals surface area contributed by atoms with E-state index in [0.717, 1.165) is 12.8 Å². The van der Waals surface area contributed by atoms with E-state index in [-0.39, 0.29) is 24.1 Å². The highest BCUT2D eigenvalue weighted by Crippen LogP contribution is 2.27. The van der Waals surface area contributed by atoms with E-state index >= 15 is 0 Å². The summed E-state index contributed by atoms with van der Waals surface area (Å²) in [5.41, 5.74) is 0.864. The molecule has 1 amide bonds. The minimum absolute atomic E-state index is 0.00845. The lowest BCUT2D eigenvalue weighted by Gasteiger charge is -2.30. The second-order valence-corrected chi connectivity index (χ2v) is 5.85. The van der Waals surface area contributed by atoms with Gasteiger partial charge in [0.1, 0.15) is 0 Å². The number of aromatic nitrogens is 1. The molecule has 0 saturated heterocycles. The fourth-order valence-electron chi connectivity index (χ4n) is 3.17. The number of aliphatic hydroxyl groups excluding tert-OH is 1. The van der Waals surface area contributed by atoms with Crippen LogP contribution in [0.1, 0.15) is 54.6 Å². The average molecular weight is 292 g/mol. The Hall–Kier alpha value is -1.62. The summed E-state index contributed by atoms with van der Waals surface area (Å²) in [5.74, 6) is 0.269. The number of amides is 1. The van der Waals surface area contributed by atoms with Crippen LogP contribution in [0.4, 0.5) is 0 Å². The molecule has 3 N–H and O–H groups in total. The van der Waals surface area contributed by atoms with Gasteiger partial charge in [0.15, 0.2) is 0 Å². The molecular weight excluding hydrogens is 268 g/mol. The summed E-state index contributed by atoms with van der Waals surface area (Å²) in [6, 6.07) is 2.93. The van der Waals surface area contributed by atoms with Gasteiger partial charge < -0.3 is 15.4 Å². The zero-order valence-electron chi connectivity index (χ0n) is 12.5. The van der Waals surface area contributed by atoms with Gasteiger partial charge in [-0.15, -0.1) is 0 Å². The van der Waals surface area contributed by atoms with Crippen LogP contribution < -0.4 is 10.9 Å². The summed E-state index contributed by atoms with van der Waals surface area (Å²) < 4.78 is 0. The van der Waals surface area contributed by atoms with Gasteiger partial charge in [-0.3, -0.25) is 9.59 Å². The van der Waals surface area contributed by atoms with Crippen molar-refractivity contribution in [3.63, 3.8) is 0 Å². The Morgan fingerprint density at radius 1 is 1.38 bits per heavy atom. The van der Waals surface area contributed by atoms with Crippen LogP contribution in [0.25, 0.3) is 0 Å². The van der Waals surface area contributed by atoms with Crippen molar-refractivity contribution >= 4 is 5.91 Å². The number of aromatic amines is 1. The van der Waals surface area contributed by atoms with Gasteiger partial charge in [-0.2, -0.15) is 0 Å². The summed E-state index contributed by atoms with van der Waals surface area (Å²) in [6.07, 6.45) is 6.44. The summed E-state index contributed by atoms with van der Waals surface area (Å²) in [6.45, 7) is 1.80. The quantitative estimate of drug-likeness (QED) is 0.773. The van der Waals surface area contributed by atoms with E-state index in [0.29, 0.717) is 23.6 Å². The minimum atomic E-state index is -0.205. The zero-order chi connectivity index (χ0) is 15.2. The third kappa shape index (κ3) is 4.17. The van der Waals surface area contributed by atoms with Gasteiger partial charge in [0.05, 0.1) is 5.56 Å². The summed E-state index contributed by atoms with van der Waals surface area (Å²) in [4.78, 5) is 26.2. The molecule has 1 aromatic heterocycles. The molecule has 1 aliphatic rings. The van der Waals surface area contributed by atoms with Crippen molar-refractivity contribution in [3.8, 4) is 0 Å². The zero-order valence-corrected chi connectivity index (χ0v) is 12.5. The van der Waals surface area contributed by atoms with Crippen molar-refractivity contribution in [2.45, 2.75) is 51.5 Å². The normalized spacial score (nSPS) is 17.4. The molecule has 1 heterocycles. The van der Waals surface area contributed by atoms with Gasteiger partial charge in [-0.05, 0) is 38.2 Å². The standard InChI is InChI=1S/C16H24N2O3/c1-11-13(7-8-15(20)17-11)16(21)18-14(9-10-19)12-5-3-2-4-6-12/h7-8,12,14,19H,2-6,9-10H2,1H3,(H,17,20)(H,18,21). The number of rotatable bonds is 5.